The average molecular weight is 426 g/mol. The minimum absolute atomic E-state index is 0.272. The van der Waals surface area contributed by atoms with Crippen molar-refractivity contribution in [2.24, 2.45) is 5.92 Å². The minimum atomic E-state index is -0.272. The molecule has 1 heterocycles. The van der Waals surface area contributed by atoms with E-state index in [0.29, 0.717) is 5.92 Å². The summed E-state index contributed by atoms with van der Waals surface area (Å²) in [6.07, 6.45) is 10.1. The molecule has 0 fully saturated rings. The fourth-order valence-electron chi connectivity index (χ4n) is 5.86. The van der Waals surface area contributed by atoms with Gasteiger partial charge in [0.25, 0.3) is 0 Å². The van der Waals surface area contributed by atoms with Crippen LogP contribution in [0.3, 0.4) is 0 Å². The predicted molar refractivity (Wildman–Crippen MR) is 139 cm³/mol. The molecule has 2 unspecified atom stereocenters. The Hall–Kier alpha value is -3.84. The molecule has 1 heteroatoms. The van der Waals surface area contributed by atoms with Crippen LogP contribution >= 0.6 is 0 Å². The zero-order valence-electron chi connectivity index (χ0n) is 18.9. The smallest absolute Gasteiger partial charge is 0.0558 e. The normalized spacial score (nSPS) is 20.9. The summed E-state index contributed by atoms with van der Waals surface area (Å²) in [6.45, 7) is 0. The molecule has 4 aromatic rings. The van der Waals surface area contributed by atoms with Crippen molar-refractivity contribution in [2.45, 2.75) is 11.8 Å². The van der Waals surface area contributed by atoms with Crippen LogP contribution in [0.4, 0.5) is 11.4 Å². The fourth-order valence-corrected chi connectivity index (χ4v) is 5.86. The summed E-state index contributed by atoms with van der Waals surface area (Å²) in [5.41, 5.74) is 8.90. The van der Waals surface area contributed by atoms with E-state index in [4.69, 9.17) is 0 Å². The van der Waals surface area contributed by atoms with Crippen molar-refractivity contribution in [1.29, 1.82) is 0 Å². The molecule has 2 atom stereocenters. The van der Waals surface area contributed by atoms with Gasteiger partial charge in [0.05, 0.1) is 5.41 Å². The number of anilines is 2. The second-order valence-electron chi connectivity index (χ2n) is 9.00. The largest absolute Gasteiger partial charge is 0.344 e. The van der Waals surface area contributed by atoms with Gasteiger partial charge in [-0.3, -0.25) is 0 Å². The second-order valence-corrected chi connectivity index (χ2v) is 9.00. The number of rotatable bonds is 3. The SMILES string of the molecule is CN1c2ccccc2C(c2ccccc2)(C2C=CC=CC2)c2cc(-c3ccccc3)ccc21. The van der Waals surface area contributed by atoms with Gasteiger partial charge in [-0.05, 0) is 58.4 Å². The first-order valence-corrected chi connectivity index (χ1v) is 11.7. The van der Waals surface area contributed by atoms with Crippen molar-refractivity contribution in [3.63, 3.8) is 0 Å². The van der Waals surface area contributed by atoms with Crippen molar-refractivity contribution in [1.82, 2.24) is 0 Å². The van der Waals surface area contributed by atoms with E-state index in [-0.39, 0.29) is 5.41 Å². The quantitative estimate of drug-likeness (QED) is 0.322. The van der Waals surface area contributed by atoms with Crippen LogP contribution in [0.15, 0.2) is 127 Å². The predicted octanol–water partition coefficient (Wildman–Crippen LogP) is 7.90. The van der Waals surface area contributed by atoms with E-state index in [1.807, 2.05) is 0 Å². The Balaban J connectivity index is 1.72. The highest BCUT2D eigenvalue weighted by Gasteiger charge is 2.48. The molecule has 4 aromatic carbocycles. The molecule has 0 aromatic heterocycles. The third kappa shape index (κ3) is 3.00. The Kier molecular flexibility index (Phi) is 4.77. The van der Waals surface area contributed by atoms with E-state index in [0.717, 1.165) is 6.42 Å². The van der Waals surface area contributed by atoms with Crippen molar-refractivity contribution in [2.75, 3.05) is 11.9 Å². The first-order chi connectivity index (χ1) is 16.3. The van der Waals surface area contributed by atoms with Gasteiger partial charge < -0.3 is 4.90 Å². The van der Waals surface area contributed by atoms with E-state index in [1.165, 1.54) is 39.2 Å². The molecule has 0 saturated heterocycles. The summed E-state index contributed by atoms with van der Waals surface area (Å²) in [4.78, 5) is 2.36. The highest BCUT2D eigenvalue weighted by molar-refractivity contribution is 5.83. The van der Waals surface area contributed by atoms with Crippen LogP contribution < -0.4 is 4.90 Å². The number of fused-ring (bicyclic) bond motifs is 2. The molecule has 0 radical (unpaired) electrons. The van der Waals surface area contributed by atoms with Gasteiger partial charge >= 0.3 is 0 Å². The third-order valence-corrected chi connectivity index (χ3v) is 7.35. The Morgan fingerprint density at radius 3 is 2.12 bits per heavy atom. The van der Waals surface area contributed by atoms with Crippen LogP contribution in [0.1, 0.15) is 23.1 Å². The summed E-state index contributed by atoms with van der Waals surface area (Å²) in [6, 6.07) is 37.8. The Morgan fingerprint density at radius 2 is 1.36 bits per heavy atom. The van der Waals surface area contributed by atoms with E-state index in [1.54, 1.807) is 0 Å². The molecule has 1 aliphatic heterocycles. The lowest BCUT2D eigenvalue weighted by Gasteiger charge is -2.49. The van der Waals surface area contributed by atoms with Crippen molar-refractivity contribution in [3.8, 4) is 11.1 Å². The monoisotopic (exact) mass is 425 g/mol. The molecule has 0 N–H and O–H groups in total. The van der Waals surface area contributed by atoms with Gasteiger partial charge in [0, 0.05) is 18.4 Å². The highest BCUT2D eigenvalue weighted by atomic mass is 15.1. The van der Waals surface area contributed by atoms with E-state index < -0.39 is 0 Å². The van der Waals surface area contributed by atoms with Crippen LogP contribution in [0.5, 0.6) is 0 Å². The highest BCUT2D eigenvalue weighted by Crippen LogP contribution is 2.57. The number of hydrogen-bond donors (Lipinski definition) is 0. The Morgan fingerprint density at radius 1 is 0.667 bits per heavy atom. The van der Waals surface area contributed by atoms with Gasteiger partial charge in [-0.25, -0.2) is 0 Å². The Labute approximate surface area is 196 Å². The molecule has 160 valence electrons. The van der Waals surface area contributed by atoms with Crippen LogP contribution in [0.2, 0.25) is 0 Å². The van der Waals surface area contributed by atoms with Gasteiger partial charge in [-0.15, -0.1) is 0 Å². The van der Waals surface area contributed by atoms with Crippen molar-refractivity contribution < 1.29 is 0 Å². The van der Waals surface area contributed by atoms with Crippen molar-refractivity contribution in [3.05, 3.63) is 144 Å². The summed E-state index contributed by atoms with van der Waals surface area (Å²) < 4.78 is 0. The number of nitrogens with zero attached hydrogens (tertiary/aromatic N) is 1. The fraction of sp³-hybridized carbons (Fsp3) is 0.125. The van der Waals surface area contributed by atoms with Gasteiger partial charge in [-0.2, -0.15) is 0 Å². The molecule has 0 spiro atoms. The summed E-state index contributed by atoms with van der Waals surface area (Å²) in [5, 5.41) is 0. The lowest BCUT2D eigenvalue weighted by atomic mass is 9.58. The lowest BCUT2D eigenvalue weighted by Crippen LogP contribution is -2.42. The Bertz CT molecular complexity index is 1350. The maximum absolute atomic E-state index is 2.44. The van der Waals surface area contributed by atoms with Gasteiger partial charge in [0.1, 0.15) is 0 Å². The third-order valence-electron chi connectivity index (χ3n) is 7.35. The van der Waals surface area contributed by atoms with Crippen LogP contribution in [0.25, 0.3) is 11.1 Å². The molecule has 2 aliphatic rings. The minimum Gasteiger partial charge on any atom is -0.344 e. The molecule has 0 amide bonds. The number of allylic oxidation sites excluding steroid dienone is 4. The maximum atomic E-state index is 2.44. The van der Waals surface area contributed by atoms with Crippen LogP contribution in [-0.4, -0.2) is 7.05 Å². The molecule has 33 heavy (non-hydrogen) atoms. The standard InChI is InChI=1S/C32H27N/c1-33-30-20-12-11-19-28(30)32(26-15-7-3-8-16-26,27-17-9-4-10-18-27)29-23-25(21-22-31(29)33)24-13-5-2-6-14-24/h2-17,19-23,27H,18H2,1H3. The topological polar surface area (TPSA) is 3.24 Å². The van der Waals surface area contributed by atoms with Crippen LogP contribution in [-0.2, 0) is 5.41 Å². The first kappa shape index (κ1) is 19.8. The number of para-hydroxylation sites is 1. The van der Waals surface area contributed by atoms with E-state index >= 15 is 0 Å². The summed E-state index contributed by atoms with van der Waals surface area (Å²) in [7, 11) is 2.20. The molecule has 1 nitrogen and oxygen atoms in total. The molecule has 0 saturated carbocycles. The number of benzene rings is 4. The molecular weight excluding hydrogens is 398 g/mol. The van der Waals surface area contributed by atoms with Gasteiger partial charge in [0.2, 0.25) is 0 Å². The molecule has 1 aliphatic carbocycles. The van der Waals surface area contributed by atoms with E-state index in [9.17, 15) is 0 Å². The lowest BCUT2D eigenvalue weighted by molar-refractivity contribution is 0.444. The molecule has 0 bridgehead atoms. The van der Waals surface area contributed by atoms with Crippen LogP contribution in [0, 0.1) is 5.92 Å². The summed E-state index contributed by atoms with van der Waals surface area (Å²) >= 11 is 0. The van der Waals surface area contributed by atoms with Gasteiger partial charge in [0.15, 0.2) is 0 Å². The second kappa shape index (κ2) is 7.94. The molecular formula is C32H27N. The van der Waals surface area contributed by atoms with Gasteiger partial charge in [-0.1, -0.05) is 109 Å². The first-order valence-electron chi connectivity index (χ1n) is 11.7. The zero-order valence-corrected chi connectivity index (χ0v) is 18.9. The number of hydrogen-bond acceptors (Lipinski definition) is 1. The van der Waals surface area contributed by atoms with E-state index in [2.05, 4.69) is 139 Å². The maximum Gasteiger partial charge on any atom is 0.0558 e. The average Bonchev–Trinajstić information content (AvgIpc) is 2.91. The van der Waals surface area contributed by atoms with Crippen molar-refractivity contribution >= 4 is 11.4 Å². The molecule has 6 rings (SSSR count). The zero-order chi connectivity index (χ0) is 22.3. The summed E-state index contributed by atoms with van der Waals surface area (Å²) in [5.74, 6) is 0.324.